The van der Waals surface area contributed by atoms with Crippen LogP contribution in [-0.2, 0) is 6.42 Å². The van der Waals surface area contributed by atoms with Gasteiger partial charge >= 0.3 is 0 Å². The molecule has 2 rings (SSSR count). The zero-order valence-electron chi connectivity index (χ0n) is 11.2. The van der Waals surface area contributed by atoms with Crippen LogP contribution in [0.25, 0.3) is 0 Å². The Kier molecular flexibility index (Phi) is 4.08. The van der Waals surface area contributed by atoms with E-state index in [0.717, 1.165) is 6.42 Å². The number of alkyl halides is 1. The van der Waals surface area contributed by atoms with Crippen LogP contribution in [0.1, 0.15) is 40.1 Å². The summed E-state index contributed by atoms with van der Waals surface area (Å²) in [4.78, 5) is 0. The first-order chi connectivity index (χ1) is 8.61. The molecular weight excluding hydrogens is 240 g/mol. The van der Waals surface area contributed by atoms with Crippen molar-refractivity contribution in [2.75, 3.05) is 0 Å². The van der Waals surface area contributed by atoms with E-state index >= 15 is 0 Å². The molecule has 0 aliphatic carbocycles. The van der Waals surface area contributed by atoms with Crippen molar-refractivity contribution in [2.24, 2.45) is 0 Å². The monoisotopic (exact) mass is 258 g/mol. The molecule has 18 heavy (non-hydrogen) atoms. The SMILES string of the molecule is CCc1ccc(C(Cl)c2cc(C)ccc2C)cc1. The summed E-state index contributed by atoms with van der Waals surface area (Å²) in [6, 6.07) is 15.0. The minimum atomic E-state index is -0.0594. The lowest BCUT2D eigenvalue weighted by Crippen LogP contribution is -1.97. The molecule has 1 heteroatoms. The molecule has 0 bridgehead atoms. The summed E-state index contributed by atoms with van der Waals surface area (Å²) < 4.78 is 0. The van der Waals surface area contributed by atoms with Gasteiger partial charge in [-0.05, 0) is 42.5 Å². The number of halogens is 1. The average Bonchev–Trinajstić information content (AvgIpc) is 2.41. The van der Waals surface area contributed by atoms with Gasteiger partial charge in [-0.2, -0.15) is 0 Å². The van der Waals surface area contributed by atoms with Gasteiger partial charge in [-0.3, -0.25) is 0 Å². The van der Waals surface area contributed by atoms with Gasteiger partial charge in [0.25, 0.3) is 0 Å². The Hall–Kier alpha value is -1.27. The number of aryl methyl sites for hydroxylation is 3. The minimum absolute atomic E-state index is 0.0594. The maximum atomic E-state index is 6.60. The van der Waals surface area contributed by atoms with Gasteiger partial charge < -0.3 is 0 Å². The molecule has 0 nitrogen and oxygen atoms in total. The minimum Gasteiger partial charge on any atom is -0.113 e. The highest BCUT2D eigenvalue weighted by Gasteiger charge is 2.13. The molecule has 2 aromatic rings. The molecule has 0 aromatic heterocycles. The summed E-state index contributed by atoms with van der Waals surface area (Å²) in [5.74, 6) is 0. The van der Waals surface area contributed by atoms with Crippen molar-refractivity contribution in [1.29, 1.82) is 0 Å². The van der Waals surface area contributed by atoms with Gasteiger partial charge in [0, 0.05) is 0 Å². The molecule has 94 valence electrons. The average molecular weight is 259 g/mol. The molecule has 0 saturated heterocycles. The third-order valence-electron chi connectivity index (χ3n) is 3.39. The fraction of sp³-hybridized carbons (Fsp3) is 0.294. The van der Waals surface area contributed by atoms with E-state index in [1.807, 2.05) is 0 Å². The molecule has 0 amide bonds. The zero-order chi connectivity index (χ0) is 13.1. The van der Waals surface area contributed by atoms with E-state index in [1.54, 1.807) is 0 Å². The van der Waals surface area contributed by atoms with Gasteiger partial charge in [0.05, 0.1) is 5.38 Å². The van der Waals surface area contributed by atoms with Crippen LogP contribution in [0.5, 0.6) is 0 Å². The molecule has 0 radical (unpaired) electrons. The number of hydrogen-bond acceptors (Lipinski definition) is 0. The fourth-order valence-electron chi connectivity index (χ4n) is 2.13. The Morgan fingerprint density at radius 2 is 1.67 bits per heavy atom. The highest BCUT2D eigenvalue weighted by molar-refractivity contribution is 6.22. The van der Waals surface area contributed by atoms with Crippen molar-refractivity contribution >= 4 is 11.6 Å². The van der Waals surface area contributed by atoms with Crippen LogP contribution in [0.4, 0.5) is 0 Å². The lowest BCUT2D eigenvalue weighted by molar-refractivity contribution is 1.08. The Balaban J connectivity index is 2.34. The van der Waals surface area contributed by atoms with Crippen molar-refractivity contribution in [1.82, 2.24) is 0 Å². The Morgan fingerprint density at radius 1 is 1.00 bits per heavy atom. The van der Waals surface area contributed by atoms with Crippen LogP contribution in [0, 0.1) is 13.8 Å². The summed E-state index contributed by atoms with van der Waals surface area (Å²) in [5.41, 5.74) is 6.23. The second-order valence-electron chi connectivity index (χ2n) is 4.82. The van der Waals surface area contributed by atoms with Crippen molar-refractivity contribution in [3.8, 4) is 0 Å². The van der Waals surface area contributed by atoms with Gasteiger partial charge in [0.1, 0.15) is 0 Å². The standard InChI is InChI=1S/C17H19Cl/c1-4-14-7-9-15(10-8-14)17(18)16-11-12(2)5-6-13(16)3/h5-11,17H,4H2,1-3H3. The maximum Gasteiger partial charge on any atom is 0.0838 e. The molecule has 0 spiro atoms. The predicted molar refractivity (Wildman–Crippen MR) is 79.4 cm³/mol. The largest absolute Gasteiger partial charge is 0.113 e. The molecule has 1 atom stereocenters. The van der Waals surface area contributed by atoms with Gasteiger partial charge in [-0.25, -0.2) is 0 Å². The summed E-state index contributed by atoms with van der Waals surface area (Å²) in [5, 5.41) is -0.0594. The maximum absolute atomic E-state index is 6.60. The van der Waals surface area contributed by atoms with E-state index in [2.05, 4.69) is 63.2 Å². The van der Waals surface area contributed by atoms with Crippen LogP contribution in [-0.4, -0.2) is 0 Å². The first-order valence-corrected chi connectivity index (χ1v) is 6.85. The molecule has 0 N–H and O–H groups in total. The molecule has 0 aliphatic rings. The second-order valence-corrected chi connectivity index (χ2v) is 5.25. The van der Waals surface area contributed by atoms with Crippen LogP contribution < -0.4 is 0 Å². The summed E-state index contributed by atoms with van der Waals surface area (Å²) >= 11 is 6.60. The van der Waals surface area contributed by atoms with Gasteiger partial charge in [0.15, 0.2) is 0 Å². The molecular formula is C17H19Cl. The Labute approximate surface area is 115 Å². The number of rotatable bonds is 3. The number of hydrogen-bond donors (Lipinski definition) is 0. The molecule has 1 unspecified atom stereocenters. The van der Waals surface area contributed by atoms with Crippen LogP contribution in [0.15, 0.2) is 42.5 Å². The topological polar surface area (TPSA) is 0 Å². The molecule has 0 heterocycles. The van der Waals surface area contributed by atoms with Crippen molar-refractivity contribution in [3.05, 3.63) is 70.3 Å². The quantitative estimate of drug-likeness (QED) is 0.665. The zero-order valence-corrected chi connectivity index (χ0v) is 12.0. The smallest absolute Gasteiger partial charge is 0.0838 e. The number of benzene rings is 2. The summed E-state index contributed by atoms with van der Waals surface area (Å²) in [7, 11) is 0. The van der Waals surface area contributed by atoms with Crippen molar-refractivity contribution < 1.29 is 0 Å². The van der Waals surface area contributed by atoms with E-state index < -0.39 is 0 Å². The van der Waals surface area contributed by atoms with Crippen LogP contribution >= 0.6 is 11.6 Å². The first kappa shape index (κ1) is 13.2. The van der Waals surface area contributed by atoms with E-state index in [9.17, 15) is 0 Å². The highest BCUT2D eigenvalue weighted by atomic mass is 35.5. The molecule has 0 saturated carbocycles. The third-order valence-corrected chi connectivity index (χ3v) is 3.88. The van der Waals surface area contributed by atoms with Crippen molar-refractivity contribution in [2.45, 2.75) is 32.6 Å². The highest BCUT2D eigenvalue weighted by Crippen LogP contribution is 2.31. The lowest BCUT2D eigenvalue weighted by atomic mass is 9.97. The van der Waals surface area contributed by atoms with Gasteiger partial charge in [0.2, 0.25) is 0 Å². The molecule has 0 fully saturated rings. The van der Waals surface area contributed by atoms with Crippen LogP contribution in [0.2, 0.25) is 0 Å². The summed E-state index contributed by atoms with van der Waals surface area (Å²) in [6.45, 7) is 6.38. The van der Waals surface area contributed by atoms with Crippen molar-refractivity contribution in [3.63, 3.8) is 0 Å². The van der Waals surface area contributed by atoms with Gasteiger partial charge in [-0.1, -0.05) is 55.0 Å². The van der Waals surface area contributed by atoms with Gasteiger partial charge in [-0.15, -0.1) is 11.6 Å². The first-order valence-electron chi connectivity index (χ1n) is 6.42. The van der Waals surface area contributed by atoms with E-state index in [0.29, 0.717) is 0 Å². The molecule has 2 aromatic carbocycles. The fourth-order valence-corrected chi connectivity index (χ4v) is 2.52. The third kappa shape index (κ3) is 2.76. The van der Waals surface area contributed by atoms with E-state index in [1.165, 1.54) is 27.8 Å². The Bertz CT molecular complexity index is 526. The molecule has 0 aliphatic heterocycles. The van der Waals surface area contributed by atoms with E-state index in [-0.39, 0.29) is 5.38 Å². The second kappa shape index (κ2) is 5.58. The lowest BCUT2D eigenvalue weighted by Gasteiger charge is -2.14. The summed E-state index contributed by atoms with van der Waals surface area (Å²) in [6.07, 6.45) is 1.07. The Morgan fingerprint density at radius 3 is 2.28 bits per heavy atom. The van der Waals surface area contributed by atoms with E-state index in [4.69, 9.17) is 11.6 Å². The van der Waals surface area contributed by atoms with Crippen LogP contribution in [0.3, 0.4) is 0 Å². The predicted octanol–water partition coefficient (Wildman–Crippen LogP) is 5.19. The normalized spacial score (nSPS) is 12.4.